The normalized spacial score (nSPS) is 12.9. The van der Waals surface area contributed by atoms with Gasteiger partial charge in [-0.25, -0.2) is 0 Å². The van der Waals surface area contributed by atoms with Crippen molar-refractivity contribution in [1.82, 2.24) is 14.8 Å². The van der Waals surface area contributed by atoms with E-state index in [0.29, 0.717) is 5.92 Å². The second kappa shape index (κ2) is 6.09. The van der Waals surface area contributed by atoms with Crippen molar-refractivity contribution in [3.63, 3.8) is 0 Å². The number of aromatic nitrogens is 3. The van der Waals surface area contributed by atoms with Crippen LogP contribution in [0.2, 0.25) is 0 Å². The van der Waals surface area contributed by atoms with Gasteiger partial charge in [-0.3, -0.25) is 0 Å². The van der Waals surface area contributed by atoms with Crippen LogP contribution in [0.3, 0.4) is 0 Å². The summed E-state index contributed by atoms with van der Waals surface area (Å²) in [6.07, 6.45) is 4.51. The Labute approximate surface area is 126 Å². The summed E-state index contributed by atoms with van der Waals surface area (Å²) in [6.45, 7) is 9.07. The van der Waals surface area contributed by atoms with Crippen molar-refractivity contribution in [3.8, 4) is 6.07 Å². The van der Waals surface area contributed by atoms with Gasteiger partial charge in [-0.1, -0.05) is 32.0 Å². The first-order valence-electron chi connectivity index (χ1n) is 7.34. The fourth-order valence-corrected chi connectivity index (χ4v) is 2.27. The molecule has 0 fully saturated rings. The standard InChI is InChI=1S/C17H22N4/c1-5-13(2)15-6-14(9-21-11-19-20-12-21)7-16(8-15)17(3,4)10-18/h6-8,11-13H,5,9H2,1-4H3. The van der Waals surface area contributed by atoms with Crippen LogP contribution in [0.5, 0.6) is 0 Å². The summed E-state index contributed by atoms with van der Waals surface area (Å²) >= 11 is 0. The zero-order valence-electron chi connectivity index (χ0n) is 13.2. The van der Waals surface area contributed by atoms with Gasteiger partial charge in [0.15, 0.2) is 0 Å². The Bertz CT molecular complexity index is 635. The molecule has 0 saturated heterocycles. The second-order valence-electron chi connectivity index (χ2n) is 6.14. The van der Waals surface area contributed by atoms with Crippen molar-refractivity contribution in [1.29, 1.82) is 5.26 Å². The molecule has 0 N–H and O–H groups in total. The zero-order valence-corrected chi connectivity index (χ0v) is 13.2. The van der Waals surface area contributed by atoms with Gasteiger partial charge >= 0.3 is 0 Å². The van der Waals surface area contributed by atoms with Gasteiger partial charge in [0.2, 0.25) is 0 Å². The summed E-state index contributed by atoms with van der Waals surface area (Å²) in [5.41, 5.74) is 3.07. The third kappa shape index (κ3) is 3.49. The molecule has 0 aliphatic heterocycles. The molecule has 1 heterocycles. The summed E-state index contributed by atoms with van der Waals surface area (Å²) in [5.74, 6) is 0.485. The van der Waals surface area contributed by atoms with Crippen LogP contribution in [0, 0.1) is 11.3 Å². The minimum absolute atomic E-state index is 0.481. The highest BCUT2D eigenvalue weighted by atomic mass is 15.2. The predicted molar refractivity (Wildman–Crippen MR) is 82.9 cm³/mol. The van der Waals surface area contributed by atoms with Crippen LogP contribution in [0.15, 0.2) is 30.9 Å². The Morgan fingerprint density at radius 3 is 2.48 bits per heavy atom. The maximum atomic E-state index is 9.41. The van der Waals surface area contributed by atoms with Crippen LogP contribution < -0.4 is 0 Å². The summed E-state index contributed by atoms with van der Waals surface area (Å²) in [7, 11) is 0. The van der Waals surface area contributed by atoms with Crippen molar-refractivity contribution in [2.45, 2.75) is 52.0 Å². The highest BCUT2D eigenvalue weighted by Gasteiger charge is 2.21. The number of hydrogen-bond donors (Lipinski definition) is 0. The van der Waals surface area contributed by atoms with Crippen LogP contribution in [0.1, 0.15) is 56.7 Å². The molecule has 4 nitrogen and oxygen atoms in total. The monoisotopic (exact) mass is 282 g/mol. The molecular formula is C17H22N4. The van der Waals surface area contributed by atoms with E-state index in [1.165, 1.54) is 11.1 Å². The topological polar surface area (TPSA) is 54.5 Å². The number of nitrogens with zero attached hydrogens (tertiary/aromatic N) is 4. The molecule has 1 aromatic heterocycles. The molecule has 0 aliphatic rings. The summed E-state index contributed by atoms with van der Waals surface area (Å²) < 4.78 is 1.94. The molecule has 21 heavy (non-hydrogen) atoms. The molecule has 1 atom stereocenters. The Kier molecular flexibility index (Phi) is 4.42. The molecule has 110 valence electrons. The van der Waals surface area contributed by atoms with Crippen LogP contribution in [0.4, 0.5) is 0 Å². The Morgan fingerprint density at radius 1 is 1.24 bits per heavy atom. The summed E-state index contributed by atoms with van der Waals surface area (Å²) in [5, 5.41) is 17.1. The van der Waals surface area contributed by atoms with Gasteiger partial charge in [0.25, 0.3) is 0 Å². The lowest BCUT2D eigenvalue weighted by Gasteiger charge is -2.21. The van der Waals surface area contributed by atoms with Crippen LogP contribution >= 0.6 is 0 Å². The molecule has 4 heteroatoms. The minimum atomic E-state index is -0.481. The SMILES string of the molecule is CCC(C)c1cc(Cn2cnnc2)cc(C(C)(C)C#N)c1. The van der Waals surface area contributed by atoms with E-state index >= 15 is 0 Å². The van der Waals surface area contributed by atoms with Gasteiger partial charge in [-0.05, 0) is 42.9 Å². The molecule has 0 bridgehead atoms. The van der Waals surface area contributed by atoms with E-state index in [2.05, 4.69) is 48.3 Å². The lowest BCUT2D eigenvalue weighted by atomic mass is 9.82. The highest BCUT2D eigenvalue weighted by Crippen LogP contribution is 2.29. The summed E-state index contributed by atoms with van der Waals surface area (Å²) in [6, 6.07) is 8.92. The predicted octanol–water partition coefficient (Wildman–Crippen LogP) is 3.64. The van der Waals surface area contributed by atoms with E-state index in [1.807, 2.05) is 18.4 Å². The van der Waals surface area contributed by atoms with Crippen LogP contribution in [-0.2, 0) is 12.0 Å². The molecule has 1 unspecified atom stereocenters. The van der Waals surface area contributed by atoms with Gasteiger partial charge in [0.05, 0.1) is 18.0 Å². The molecule has 0 aliphatic carbocycles. The fraction of sp³-hybridized carbons (Fsp3) is 0.471. The van der Waals surface area contributed by atoms with Gasteiger partial charge in [0, 0.05) is 0 Å². The largest absolute Gasteiger partial charge is 0.316 e. The maximum Gasteiger partial charge on any atom is 0.119 e. The highest BCUT2D eigenvalue weighted by molar-refractivity contribution is 5.39. The Hall–Kier alpha value is -2.15. The number of rotatable bonds is 5. The molecule has 2 rings (SSSR count). The average Bonchev–Trinajstić information content (AvgIpc) is 2.98. The van der Waals surface area contributed by atoms with Crippen molar-refractivity contribution in [3.05, 3.63) is 47.5 Å². The van der Waals surface area contributed by atoms with Gasteiger partial charge < -0.3 is 4.57 Å². The maximum absolute atomic E-state index is 9.41. The van der Waals surface area contributed by atoms with E-state index in [9.17, 15) is 5.26 Å². The van der Waals surface area contributed by atoms with Crippen LogP contribution in [0.25, 0.3) is 0 Å². The van der Waals surface area contributed by atoms with Crippen LogP contribution in [-0.4, -0.2) is 14.8 Å². The molecule has 0 saturated carbocycles. The Balaban J connectivity index is 2.44. The van der Waals surface area contributed by atoms with Crippen molar-refractivity contribution in [2.75, 3.05) is 0 Å². The quantitative estimate of drug-likeness (QED) is 0.841. The third-order valence-electron chi connectivity index (χ3n) is 4.03. The van der Waals surface area contributed by atoms with Crippen molar-refractivity contribution in [2.24, 2.45) is 0 Å². The van der Waals surface area contributed by atoms with E-state index in [1.54, 1.807) is 12.7 Å². The second-order valence-corrected chi connectivity index (χ2v) is 6.14. The van der Waals surface area contributed by atoms with E-state index in [-0.39, 0.29) is 0 Å². The fourth-order valence-electron chi connectivity index (χ4n) is 2.27. The zero-order chi connectivity index (χ0) is 15.5. The molecule has 0 spiro atoms. The molecular weight excluding hydrogens is 260 g/mol. The average molecular weight is 282 g/mol. The van der Waals surface area contributed by atoms with E-state index < -0.39 is 5.41 Å². The first-order chi connectivity index (χ1) is 9.96. The summed E-state index contributed by atoms with van der Waals surface area (Å²) in [4.78, 5) is 0. The molecule has 0 amide bonds. The molecule has 2 aromatic rings. The third-order valence-corrected chi connectivity index (χ3v) is 4.03. The first-order valence-corrected chi connectivity index (χ1v) is 7.34. The molecule has 0 radical (unpaired) electrons. The van der Waals surface area contributed by atoms with Crippen molar-refractivity contribution >= 4 is 0 Å². The first kappa shape index (κ1) is 15.2. The van der Waals surface area contributed by atoms with Gasteiger partial charge in [-0.2, -0.15) is 5.26 Å². The van der Waals surface area contributed by atoms with E-state index in [0.717, 1.165) is 18.5 Å². The molecule has 1 aromatic carbocycles. The lowest BCUT2D eigenvalue weighted by molar-refractivity contribution is 0.671. The number of hydrogen-bond acceptors (Lipinski definition) is 3. The number of nitriles is 1. The Morgan fingerprint density at radius 2 is 1.90 bits per heavy atom. The van der Waals surface area contributed by atoms with Gasteiger partial charge in [0.1, 0.15) is 12.7 Å². The van der Waals surface area contributed by atoms with Crippen molar-refractivity contribution < 1.29 is 0 Å². The number of benzene rings is 1. The smallest absolute Gasteiger partial charge is 0.119 e. The minimum Gasteiger partial charge on any atom is -0.316 e. The lowest BCUT2D eigenvalue weighted by Crippen LogP contribution is -2.15. The van der Waals surface area contributed by atoms with E-state index in [4.69, 9.17) is 0 Å². The van der Waals surface area contributed by atoms with Gasteiger partial charge in [-0.15, -0.1) is 10.2 Å².